The molecule has 0 saturated heterocycles. The highest BCUT2D eigenvalue weighted by atomic mass is 16.3. The van der Waals surface area contributed by atoms with E-state index in [1.807, 2.05) is 13.8 Å². The first kappa shape index (κ1) is 11.4. The minimum atomic E-state index is -0.535. The van der Waals surface area contributed by atoms with E-state index in [0.29, 0.717) is 6.42 Å². The average molecular weight is 173 g/mol. The van der Waals surface area contributed by atoms with Crippen LogP contribution in [0.25, 0.3) is 0 Å². The van der Waals surface area contributed by atoms with Crippen molar-refractivity contribution in [3.05, 3.63) is 0 Å². The van der Waals surface area contributed by atoms with Crippen molar-refractivity contribution in [1.29, 1.82) is 0 Å². The molecule has 0 aromatic rings. The third kappa shape index (κ3) is 3.22. The fourth-order valence-corrected chi connectivity index (χ4v) is 1.34. The third-order valence-corrected chi connectivity index (χ3v) is 2.02. The van der Waals surface area contributed by atoms with Gasteiger partial charge in [-0.05, 0) is 11.8 Å². The normalized spacial score (nSPS) is 13.1. The predicted molar refractivity (Wildman–Crippen MR) is 48.5 cm³/mol. The Labute approximate surface area is 74.0 Å². The lowest BCUT2D eigenvalue weighted by Crippen LogP contribution is -2.36. The van der Waals surface area contributed by atoms with Crippen molar-refractivity contribution in [2.75, 3.05) is 6.61 Å². The van der Waals surface area contributed by atoms with Crippen LogP contribution < -0.4 is 5.73 Å². The number of rotatable bonds is 4. The summed E-state index contributed by atoms with van der Waals surface area (Å²) in [6.07, 6.45) is 0.603. The molecule has 0 aromatic heterocycles. The lowest BCUT2D eigenvalue weighted by molar-refractivity contribution is -0.127. The molecule has 0 saturated carbocycles. The number of nitrogens with two attached hydrogens (primary N) is 1. The van der Waals surface area contributed by atoms with Gasteiger partial charge in [-0.15, -0.1) is 0 Å². The zero-order valence-electron chi connectivity index (χ0n) is 8.35. The van der Waals surface area contributed by atoms with Crippen LogP contribution in [-0.4, -0.2) is 17.6 Å². The van der Waals surface area contributed by atoms with Crippen LogP contribution in [-0.2, 0) is 4.79 Å². The fraction of sp³-hybridized carbons (Fsp3) is 0.889. The van der Waals surface area contributed by atoms with E-state index in [-0.39, 0.29) is 17.9 Å². The van der Waals surface area contributed by atoms with Gasteiger partial charge in [0.05, 0.1) is 0 Å². The maximum Gasteiger partial charge on any atom is 0.223 e. The van der Waals surface area contributed by atoms with Gasteiger partial charge in [-0.1, -0.05) is 27.7 Å². The molecule has 0 aliphatic carbocycles. The Hall–Kier alpha value is -0.570. The molecular formula is C9H19NO2. The summed E-state index contributed by atoms with van der Waals surface area (Å²) in [6.45, 7) is 7.50. The van der Waals surface area contributed by atoms with E-state index in [1.165, 1.54) is 0 Å². The molecule has 0 atom stereocenters. The second-order valence-corrected chi connectivity index (χ2v) is 4.75. The highest BCUT2D eigenvalue weighted by molar-refractivity contribution is 5.79. The first-order valence-electron chi connectivity index (χ1n) is 4.12. The summed E-state index contributed by atoms with van der Waals surface area (Å²) in [5, 5.41) is 8.99. The maximum absolute atomic E-state index is 11.0. The predicted octanol–water partition coefficient (Wildman–Crippen LogP) is 0.906. The number of carbonyl (C=O) groups excluding carboxylic acids is 1. The van der Waals surface area contributed by atoms with Gasteiger partial charge >= 0.3 is 0 Å². The molecule has 0 bridgehead atoms. The van der Waals surface area contributed by atoms with E-state index in [4.69, 9.17) is 10.8 Å². The lowest BCUT2D eigenvalue weighted by atomic mass is 9.75. The molecule has 72 valence electrons. The van der Waals surface area contributed by atoms with E-state index in [0.717, 1.165) is 0 Å². The number of aliphatic hydroxyl groups is 1. The van der Waals surface area contributed by atoms with Crippen LogP contribution in [0.5, 0.6) is 0 Å². The summed E-state index contributed by atoms with van der Waals surface area (Å²) in [6, 6.07) is 0. The van der Waals surface area contributed by atoms with Gasteiger partial charge in [0.25, 0.3) is 0 Å². The quantitative estimate of drug-likeness (QED) is 0.663. The molecule has 1 amide bonds. The van der Waals surface area contributed by atoms with Gasteiger partial charge in [-0.25, -0.2) is 0 Å². The Bertz CT molecular complexity index is 173. The van der Waals surface area contributed by atoms with Gasteiger partial charge in [0.15, 0.2) is 0 Å². The second-order valence-electron chi connectivity index (χ2n) is 4.75. The average Bonchev–Trinajstić information content (AvgIpc) is 1.85. The maximum atomic E-state index is 11.0. The number of carbonyl (C=O) groups is 1. The first-order valence-corrected chi connectivity index (χ1v) is 4.12. The van der Waals surface area contributed by atoms with E-state index in [9.17, 15) is 4.79 Å². The molecule has 0 unspecified atom stereocenters. The molecular weight excluding hydrogens is 154 g/mol. The third-order valence-electron chi connectivity index (χ3n) is 2.02. The molecule has 12 heavy (non-hydrogen) atoms. The van der Waals surface area contributed by atoms with Crippen molar-refractivity contribution in [1.82, 2.24) is 0 Å². The van der Waals surface area contributed by atoms with Gasteiger partial charge in [0, 0.05) is 12.0 Å². The summed E-state index contributed by atoms with van der Waals surface area (Å²) in [7, 11) is 0. The van der Waals surface area contributed by atoms with Crippen LogP contribution in [0.2, 0.25) is 0 Å². The summed E-state index contributed by atoms with van der Waals surface area (Å²) in [5.41, 5.74) is 4.44. The number of aliphatic hydroxyl groups excluding tert-OH is 1. The molecule has 0 aromatic carbocycles. The molecule has 0 heterocycles. The molecule has 0 aliphatic rings. The van der Waals surface area contributed by atoms with Crippen LogP contribution in [0, 0.1) is 10.8 Å². The van der Waals surface area contributed by atoms with Crippen molar-refractivity contribution in [3.63, 3.8) is 0 Å². The highest BCUT2D eigenvalue weighted by Gasteiger charge is 2.32. The Kier molecular flexibility index (Phi) is 3.27. The van der Waals surface area contributed by atoms with Crippen LogP contribution >= 0.6 is 0 Å². The zero-order valence-corrected chi connectivity index (χ0v) is 8.35. The lowest BCUT2D eigenvalue weighted by Gasteiger charge is -2.31. The molecule has 0 spiro atoms. The van der Waals surface area contributed by atoms with Gasteiger partial charge in [0.2, 0.25) is 5.91 Å². The van der Waals surface area contributed by atoms with Gasteiger partial charge in [-0.2, -0.15) is 0 Å². The topological polar surface area (TPSA) is 63.3 Å². The van der Waals surface area contributed by atoms with Crippen molar-refractivity contribution in [2.45, 2.75) is 34.1 Å². The van der Waals surface area contributed by atoms with Crippen molar-refractivity contribution >= 4 is 5.91 Å². The summed E-state index contributed by atoms with van der Waals surface area (Å²) < 4.78 is 0. The summed E-state index contributed by atoms with van der Waals surface area (Å²) >= 11 is 0. The van der Waals surface area contributed by atoms with Crippen molar-refractivity contribution < 1.29 is 9.90 Å². The first-order chi connectivity index (χ1) is 5.21. The van der Waals surface area contributed by atoms with Gasteiger partial charge in [-0.3, -0.25) is 4.79 Å². The number of hydrogen-bond acceptors (Lipinski definition) is 2. The zero-order chi connectivity index (χ0) is 9.99. The van der Waals surface area contributed by atoms with Crippen LogP contribution in [0.3, 0.4) is 0 Å². The van der Waals surface area contributed by atoms with Gasteiger partial charge < -0.3 is 10.8 Å². The van der Waals surface area contributed by atoms with E-state index in [1.54, 1.807) is 13.8 Å². The largest absolute Gasteiger partial charge is 0.396 e. The Morgan fingerprint density at radius 2 is 1.75 bits per heavy atom. The standard InChI is InChI=1S/C9H19NO2/c1-8(2,6-11)5-9(3,4)7(10)12/h11H,5-6H2,1-4H3,(H2,10,12). The van der Waals surface area contributed by atoms with E-state index < -0.39 is 5.41 Å². The minimum Gasteiger partial charge on any atom is -0.396 e. The molecule has 0 rings (SSSR count). The summed E-state index contributed by atoms with van der Waals surface area (Å²) in [5.74, 6) is -0.316. The molecule has 0 fully saturated rings. The van der Waals surface area contributed by atoms with Crippen LogP contribution in [0.15, 0.2) is 0 Å². The number of primary amides is 1. The summed E-state index contributed by atoms with van der Waals surface area (Å²) in [4.78, 5) is 11.0. The smallest absolute Gasteiger partial charge is 0.223 e. The molecule has 0 radical (unpaired) electrons. The SMILES string of the molecule is CC(C)(CO)CC(C)(C)C(N)=O. The van der Waals surface area contributed by atoms with E-state index in [2.05, 4.69) is 0 Å². The van der Waals surface area contributed by atoms with E-state index >= 15 is 0 Å². The minimum absolute atomic E-state index is 0.0731. The molecule has 3 heteroatoms. The fourth-order valence-electron chi connectivity index (χ4n) is 1.34. The Morgan fingerprint density at radius 1 is 1.33 bits per heavy atom. The Morgan fingerprint density at radius 3 is 2.00 bits per heavy atom. The highest BCUT2D eigenvalue weighted by Crippen LogP contribution is 2.32. The van der Waals surface area contributed by atoms with Crippen LogP contribution in [0.4, 0.5) is 0 Å². The Balaban J connectivity index is 4.34. The molecule has 3 N–H and O–H groups in total. The molecule has 3 nitrogen and oxygen atoms in total. The van der Waals surface area contributed by atoms with Crippen molar-refractivity contribution in [2.24, 2.45) is 16.6 Å². The second kappa shape index (κ2) is 3.44. The van der Waals surface area contributed by atoms with Crippen molar-refractivity contribution in [3.8, 4) is 0 Å². The monoisotopic (exact) mass is 173 g/mol. The van der Waals surface area contributed by atoms with Gasteiger partial charge in [0.1, 0.15) is 0 Å². The molecule has 0 aliphatic heterocycles. The number of amides is 1. The van der Waals surface area contributed by atoms with Crippen LogP contribution in [0.1, 0.15) is 34.1 Å². The number of hydrogen-bond donors (Lipinski definition) is 2.